The lowest BCUT2D eigenvalue weighted by molar-refractivity contribution is -0.140. The third kappa shape index (κ3) is 15.9. The van der Waals surface area contributed by atoms with Gasteiger partial charge in [-0.05, 0) is 90.2 Å². The Kier molecular flexibility index (Phi) is 20.4. The van der Waals surface area contributed by atoms with Crippen LogP contribution in [-0.2, 0) is 28.5 Å². The van der Waals surface area contributed by atoms with E-state index in [1.807, 2.05) is 26.0 Å². The number of ether oxygens (including phenoxy) is 4. The third-order valence-electron chi connectivity index (χ3n) is 11.8. The van der Waals surface area contributed by atoms with Crippen LogP contribution in [0.3, 0.4) is 0 Å². The van der Waals surface area contributed by atoms with Crippen LogP contribution >= 0.6 is 0 Å². The van der Waals surface area contributed by atoms with Gasteiger partial charge in [-0.25, -0.2) is 9.59 Å². The molecule has 2 N–H and O–H groups in total. The summed E-state index contributed by atoms with van der Waals surface area (Å²) in [5.41, 5.74) is 1.73. The zero-order chi connectivity index (χ0) is 37.0. The largest absolute Gasteiger partial charge is 0.455 e. The highest BCUT2D eigenvalue weighted by Crippen LogP contribution is 2.35. The normalized spacial score (nSPS) is 27.2. The van der Waals surface area contributed by atoms with Crippen LogP contribution in [0.2, 0.25) is 0 Å². The van der Waals surface area contributed by atoms with Crippen molar-refractivity contribution in [2.75, 3.05) is 0 Å². The molecule has 0 aromatic rings. The molecule has 2 saturated heterocycles. The summed E-state index contributed by atoms with van der Waals surface area (Å²) in [5.74, 6) is -0.245. The summed E-state index contributed by atoms with van der Waals surface area (Å²) < 4.78 is 23.0. The summed E-state index contributed by atoms with van der Waals surface area (Å²) in [5, 5.41) is 21.6. The van der Waals surface area contributed by atoms with Crippen molar-refractivity contribution in [3.63, 3.8) is 0 Å². The number of carbonyl (C=O) groups excluding carboxylic acids is 2. The maximum Gasteiger partial charge on any atom is 0.334 e. The fraction of sp³-hybridized carbons (Fsp3) is 0.864. The van der Waals surface area contributed by atoms with E-state index in [0.717, 1.165) is 88.2 Å². The van der Waals surface area contributed by atoms with Crippen LogP contribution in [-0.4, -0.2) is 71.0 Å². The van der Waals surface area contributed by atoms with E-state index < -0.39 is 12.2 Å². The zero-order valence-electron chi connectivity index (χ0n) is 32.9. The van der Waals surface area contributed by atoms with Crippen LogP contribution in [0, 0.1) is 0 Å². The fourth-order valence-corrected chi connectivity index (χ4v) is 8.66. The lowest BCUT2D eigenvalue weighted by Crippen LogP contribution is -2.33. The summed E-state index contributed by atoms with van der Waals surface area (Å²) in [7, 11) is 0. The van der Waals surface area contributed by atoms with Gasteiger partial charge in [-0.2, -0.15) is 0 Å². The Hall–Kier alpha value is -1.74. The second-order valence-electron chi connectivity index (χ2n) is 16.5. The SMILES string of the molecule is C[C@@H]1C=C(CCCCCCCCCCCC[C@@H](O)[C@@H]2CC[C@@H]([C@@H]3CC[C@@H]([C@@H](O)CCCCCCCCCCCCC4=C[C@H](C)OC4=O)O3)O2)C(=O)O1. The summed E-state index contributed by atoms with van der Waals surface area (Å²) in [4.78, 5) is 23.3. The Morgan fingerprint density at radius 1 is 0.500 bits per heavy atom. The van der Waals surface area contributed by atoms with E-state index >= 15 is 0 Å². The highest BCUT2D eigenvalue weighted by molar-refractivity contribution is 5.91. The van der Waals surface area contributed by atoms with E-state index in [1.165, 1.54) is 103 Å². The van der Waals surface area contributed by atoms with Crippen LogP contribution in [0.15, 0.2) is 23.3 Å². The average Bonchev–Trinajstić information content (AvgIpc) is 3.93. The number of aliphatic hydroxyl groups is 2. The van der Waals surface area contributed by atoms with Gasteiger partial charge in [0.05, 0.1) is 36.6 Å². The van der Waals surface area contributed by atoms with E-state index in [1.54, 1.807) is 0 Å². The summed E-state index contributed by atoms with van der Waals surface area (Å²) in [6.45, 7) is 3.83. The lowest BCUT2D eigenvalue weighted by atomic mass is 10.00. The highest BCUT2D eigenvalue weighted by atomic mass is 16.6. The van der Waals surface area contributed by atoms with Gasteiger partial charge in [0.15, 0.2) is 0 Å². The van der Waals surface area contributed by atoms with Crippen molar-refractivity contribution in [2.45, 2.75) is 242 Å². The zero-order valence-corrected chi connectivity index (χ0v) is 32.9. The number of hydrogen-bond acceptors (Lipinski definition) is 8. The molecule has 0 aromatic carbocycles. The molecule has 8 nitrogen and oxygen atoms in total. The molecule has 0 saturated carbocycles. The molecule has 298 valence electrons. The average molecular weight is 731 g/mol. The highest BCUT2D eigenvalue weighted by Gasteiger charge is 2.40. The van der Waals surface area contributed by atoms with E-state index in [-0.39, 0.29) is 48.6 Å². The van der Waals surface area contributed by atoms with Gasteiger partial charge in [-0.3, -0.25) is 0 Å². The minimum Gasteiger partial charge on any atom is -0.455 e. The molecule has 8 atom stereocenters. The van der Waals surface area contributed by atoms with Crippen LogP contribution in [0.4, 0.5) is 0 Å². The molecule has 4 heterocycles. The van der Waals surface area contributed by atoms with Crippen molar-refractivity contribution in [1.29, 1.82) is 0 Å². The first-order valence-electron chi connectivity index (χ1n) is 21.8. The minimum atomic E-state index is -0.393. The fourth-order valence-electron chi connectivity index (χ4n) is 8.66. The standard InChI is InChI=1S/C44H74O8/c1-33-31-35(43(47)49-33)23-19-15-11-7-3-5-9-13-17-21-25-37(45)39-27-29-41(51-39)42-30-28-40(52-42)38(46)26-22-18-14-10-6-4-8-12-16-20-24-36-32-34(2)50-44(36)48/h31-34,37-42,45-46H,3-30H2,1-2H3/t33-,34+,37-,38+,39-,40-,41-,42-/m0/s1. The molecule has 0 bridgehead atoms. The number of aliphatic hydroxyl groups excluding tert-OH is 2. The van der Waals surface area contributed by atoms with Gasteiger partial charge < -0.3 is 29.2 Å². The Labute approximate surface area is 315 Å². The van der Waals surface area contributed by atoms with E-state index in [2.05, 4.69) is 0 Å². The van der Waals surface area contributed by atoms with Crippen molar-refractivity contribution in [2.24, 2.45) is 0 Å². The van der Waals surface area contributed by atoms with Gasteiger partial charge in [0.25, 0.3) is 0 Å². The second kappa shape index (κ2) is 24.6. The van der Waals surface area contributed by atoms with Crippen molar-refractivity contribution in [1.82, 2.24) is 0 Å². The van der Waals surface area contributed by atoms with Gasteiger partial charge in [-0.1, -0.05) is 116 Å². The quantitative estimate of drug-likeness (QED) is 0.0578. The molecule has 4 aliphatic rings. The Balaban J connectivity index is 0.899. The molecule has 0 unspecified atom stereocenters. The molecular formula is C44H74O8. The van der Waals surface area contributed by atoms with E-state index in [0.29, 0.717) is 0 Å². The summed E-state index contributed by atoms with van der Waals surface area (Å²) >= 11 is 0. The number of rotatable bonds is 29. The molecule has 0 aliphatic carbocycles. The molecule has 52 heavy (non-hydrogen) atoms. The molecular weight excluding hydrogens is 656 g/mol. The van der Waals surface area contributed by atoms with E-state index in [9.17, 15) is 19.8 Å². The number of esters is 2. The van der Waals surface area contributed by atoms with Gasteiger partial charge in [0.2, 0.25) is 0 Å². The van der Waals surface area contributed by atoms with Crippen molar-refractivity contribution < 1.29 is 38.7 Å². The van der Waals surface area contributed by atoms with Crippen molar-refractivity contribution >= 4 is 11.9 Å². The summed E-state index contributed by atoms with van der Waals surface area (Å²) in [6, 6.07) is 0. The molecule has 0 aromatic heterocycles. The molecule has 0 radical (unpaired) electrons. The second-order valence-corrected chi connectivity index (χ2v) is 16.5. The minimum absolute atomic E-state index is 0.0455. The van der Waals surface area contributed by atoms with Gasteiger partial charge >= 0.3 is 11.9 Å². The van der Waals surface area contributed by atoms with Crippen LogP contribution in [0.1, 0.15) is 194 Å². The Morgan fingerprint density at radius 2 is 0.808 bits per heavy atom. The van der Waals surface area contributed by atoms with Crippen molar-refractivity contribution in [3.8, 4) is 0 Å². The number of carbonyl (C=O) groups is 2. The van der Waals surface area contributed by atoms with E-state index in [4.69, 9.17) is 18.9 Å². The molecule has 0 spiro atoms. The molecule has 4 aliphatic heterocycles. The monoisotopic (exact) mass is 731 g/mol. The molecule has 4 rings (SSSR count). The first-order chi connectivity index (χ1) is 25.3. The van der Waals surface area contributed by atoms with Crippen molar-refractivity contribution in [3.05, 3.63) is 23.3 Å². The topological polar surface area (TPSA) is 112 Å². The smallest absolute Gasteiger partial charge is 0.334 e. The predicted octanol–water partition coefficient (Wildman–Crippen LogP) is 9.91. The number of unbranched alkanes of at least 4 members (excludes halogenated alkanes) is 18. The third-order valence-corrected chi connectivity index (χ3v) is 11.8. The first kappa shape index (κ1) is 43.0. The maximum absolute atomic E-state index is 11.7. The Morgan fingerprint density at radius 3 is 1.12 bits per heavy atom. The molecule has 8 heteroatoms. The lowest BCUT2D eigenvalue weighted by Gasteiger charge is -2.24. The molecule has 0 amide bonds. The van der Waals surface area contributed by atoms with Crippen LogP contribution in [0.5, 0.6) is 0 Å². The Bertz CT molecular complexity index is 1000. The van der Waals surface area contributed by atoms with Gasteiger partial charge in [0.1, 0.15) is 12.2 Å². The number of cyclic esters (lactones) is 2. The number of hydrogen-bond donors (Lipinski definition) is 2. The summed E-state index contributed by atoms with van der Waals surface area (Å²) in [6.07, 6.45) is 34.1. The van der Waals surface area contributed by atoms with Gasteiger partial charge in [-0.15, -0.1) is 0 Å². The maximum atomic E-state index is 11.7. The van der Waals surface area contributed by atoms with Crippen LogP contribution < -0.4 is 0 Å². The van der Waals surface area contributed by atoms with Gasteiger partial charge in [0, 0.05) is 11.1 Å². The van der Waals surface area contributed by atoms with Crippen LogP contribution in [0.25, 0.3) is 0 Å². The predicted molar refractivity (Wildman–Crippen MR) is 206 cm³/mol. The first-order valence-corrected chi connectivity index (χ1v) is 21.8. The molecule has 2 fully saturated rings.